The summed E-state index contributed by atoms with van der Waals surface area (Å²) in [5, 5.41) is 11.2. The molecule has 156 valence electrons. The Morgan fingerprint density at radius 1 is 0.900 bits per heavy atom. The number of hydrogen-bond acceptors (Lipinski definition) is 9. The fraction of sp³-hybridized carbons (Fsp3) is 0.190. The van der Waals surface area contributed by atoms with Crippen LogP contribution in [0.4, 0.5) is 5.82 Å². The van der Waals surface area contributed by atoms with Gasteiger partial charge in [-0.05, 0) is 24.3 Å². The Bertz CT molecular complexity index is 1080. The number of nitrogen functional groups attached to an aromatic ring is 1. The van der Waals surface area contributed by atoms with Gasteiger partial charge >= 0.3 is 0 Å². The summed E-state index contributed by atoms with van der Waals surface area (Å²) in [5.41, 5.74) is 8.03. The molecule has 0 saturated carbocycles. The second-order valence-corrected chi connectivity index (χ2v) is 6.11. The molecular weight excluding hydrogens is 390 g/mol. The van der Waals surface area contributed by atoms with Crippen molar-refractivity contribution in [2.45, 2.75) is 0 Å². The highest BCUT2D eigenvalue weighted by Gasteiger charge is 2.17. The van der Waals surface area contributed by atoms with E-state index in [1.54, 1.807) is 18.2 Å². The first-order chi connectivity index (χ1) is 14.4. The van der Waals surface area contributed by atoms with Gasteiger partial charge in [-0.3, -0.25) is 0 Å². The van der Waals surface area contributed by atoms with Gasteiger partial charge in [0, 0.05) is 16.7 Å². The maximum Gasteiger partial charge on any atom is 0.203 e. The largest absolute Gasteiger partial charge is 0.545 e. The van der Waals surface area contributed by atoms with Gasteiger partial charge in [-0.1, -0.05) is 6.07 Å². The van der Waals surface area contributed by atoms with Crippen molar-refractivity contribution in [3.8, 4) is 45.5 Å². The topological polar surface area (TPSA) is 129 Å². The predicted molar refractivity (Wildman–Crippen MR) is 108 cm³/mol. The number of benzene rings is 2. The fourth-order valence-corrected chi connectivity index (χ4v) is 2.99. The fourth-order valence-electron chi connectivity index (χ4n) is 2.99. The summed E-state index contributed by atoms with van der Waals surface area (Å²) in [5.74, 6) is 0.346. The zero-order chi connectivity index (χ0) is 21.8. The Hall–Kier alpha value is -4.01. The second kappa shape index (κ2) is 8.56. The zero-order valence-corrected chi connectivity index (χ0v) is 16.9. The molecule has 0 aliphatic carbocycles. The smallest absolute Gasteiger partial charge is 0.203 e. The van der Waals surface area contributed by atoms with Crippen LogP contribution < -0.4 is 29.8 Å². The summed E-state index contributed by atoms with van der Waals surface area (Å²) < 4.78 is 21.3. The third-order valence-electron chi connectivity index (χ3n) is 4.46. The van der Waals surface area contributed by atoms with Crippen molar-refractivity contribution in [3.05, 3.63) is 42.1 Å². The first kappa shape index (κ1) is 20.7. The molecule has 1 heterocycles. The first-order valence-electron chi connectivity index (χ1n) is 8.76. The van der Waals surface area contributed by atoms with E-state index in [0.29, 0.717) is 39.8 Å². The molecule has 0 aliphatic rings. The predicted octanol–water partition coefficient (Wildman–Crippen LogP) is 1.79. The molecule has 3 rings (SSSR count). The molecule has 30 heavy (non-hydrogen) atoms. The van der Waals surface area contributed by atoms with Gasteiger partial charge in [0.05, 0.1) is 46.3 Å². The summed E-state index contributed by atoms with van der Waals surface area (Å²) >= 11 is 0. The molecule has 0 fully saturated rings. The standard InChI is InChI=1S/C21H21N3O6/c1-27-15-7-11(5-6-13(15)21(25)26)18-20(22)23-10-14(24-18)12-8-16(28-2)19(30-4)17(9-12)29-3/h5-10H,1-4H3,(H2,22,23)(H,25,26)/p-1. The summed E-state index contributed by atoms with van der Waals surface area (Å²) in [7, 11) is 5.93. The number of carbonyl (C=O) groups is 1. The van der Waals surface area contributed by atoms with Gasteiger partial charge < -0.3 is 34.6 Å². The lowest BCUT2D eigenvalue weighted by Crippen LogP contribution is -2.22. The maximum atomic E-state index is 11.2. The first-order valence-corrected chi connectivity index (χ1v) is 8.76. The minimum Gasteiger partial charge on any atom is -0.545 e. The molecule has 0 unspecified atom stereocenters. The Morgan fingerprint density at radius 2 is 1.50 bits per heavy atom. The van der Waals surface area contributed by atoms with E-state index in [9.17, 15) is 9.90 Å². The molecule has 1 aromatic heterocycles. The van der Waals surface area contributed by atoms with E-state index in [0.717, 1.165) is 0 Å². The van der Waals surface area contributed by atoms with Gasteiger partial charge in [0.15, 0.2) is 11.5 Å². The molecule has 0 atom stereocenters. The normalized spacial score (nSPS) is 10.4. The van der Waals surface area contributed by atoms with Crippen molar-refractivity contribution in [2.75, 3.05) is 34.2 Å². The monoisotopic (exact) mass is 410 g/mol. The molecule has 0 aliphatic heterocycles. The number of ether oxygens (including phenoxy) is 4. The third-order valence-corrected chi connectivity index (χ3v) is 4.46. The summed E-state index contributed by atoms with van der Waals surface area (Å²) in [4.78, 5) is 20.1. The van der Waals surface area contributed by atoms with Crippen LogP contribution in [0.3, 0.4) is 0 Å². The summed E-state index contributed by atoms with van der Waals surface area (Å²) in [6, 6.07) is 7.93. The van der Waals surface area contributed by atoms with E-state index in [-0.39, 0.29) is 17.1 Å². The molecule has 0 saturated heterocycles. The quantitative estimate of drug-likeness (QED) is 0.619. The van der Waals surface area contributed by atoms with Crippen LogP contribution in [0.2, 0.25) is 0 Å². The number of methoxy groups -OCH3 is 4. The number of nitrogens with two attached hydrogens (primary N) is 1. The Kier molecular flexibility index (Phi) is 5.91. The molecule has 3 aromatic rings. The number of carbonyl (C=O) groups excluding carboxylic acids is 1. The van der Waals surface area contributed by atoms with Crippen LogP contribution in [0, 0.1) is 0 Å². The molecule has 2 aromatic carbocycles. The molecule has 0 bridgehead atoms. The van der Waals surface area contributed by atoms with E-state index in [4.69, 9.17) is 24.7 Å². The Balaban J connectivity index is 2.14. The number of anilines is 1. The average Bonchev–Trinajstić information content (AvgIpc) is 2.77. The van der Waals surface area contributed by atoms with Crippen LogP contribution in [-0.4, -0.2) is 44.4 Å². The molecule has 0 radical (unpaired) electrons. The van der Waals surface area contributed by atoms with Crippen LogP contribution in [0.25, 0.3) is 22.5 Å². The number of aromatic nitrogens is 2. The van der Waals surface area contributed by atoms with E-state index in [1.807, 2.05) is 0 Å². The summed E-state index contributed by atoms with van der Waals surface area (Å²) in [6.07, 6.45) is 1.52. The second-order valence-electron chi connectivity index (χ2n) is 6.11. The Morgan fingerprint density at radius 3 is 2.03 bits per heavy atom. The van der Waals surface area contributed by atoms with Crippen molar-refractivity contribution >= 4 is 11.8 Å². The van der Waals surface area contributed by atoms with E-state index in [2.05, 4.69) is 9.97 Å². The van der Waals surface area contributed by atoms with Gasteiger partial charge in [0.1, 0.15) is 17.3 Å². The van der Waals surface area contributed by atoms with Crippen molar-refractivity contribution < 1.29 is 28.8 Å². The van der Waals surface area contributed by atoms with Gasteiger partial charge in [-0.15, -0.1) is 0 Å². The van der Waals surface area contributed by atoms with Gasteiger partial charge in [-0.2, -0.15) is 0 Å². The van der Waals surface area contributed by atoms with Crippen molar-refractivity contribution in [2.24, 2.45) is 0 Å². The van der Waals surface area contributed by atoms with Crippen LogP contribution in [0.5, 0.6) is 23.0 Å². The minimum atomic E-state index is -1.34. The van der Waals surface area contributed by atoms with Crippen LogP contribution in [-0.2, 0) is 0 Å². The maximum absolute atomic E-state index is 11.2. The zero-order valence-electron chi connectivity index (χ0n) is 16.9. The molecule has 9 nitrogen and oxygen atoms in total. The third kappa shape index (κ3) is 3.77. The van der Waals surface area contributed by atoms with E-state index < -0.39 is 5.97 Å². The number of carboxylic acids is 1. The average molecular weight is 410 g/mol. The highest BCUT2D eigenvalue weighted by atomic mass is 16.5. The Labute approximate surface area is 173 Å². The van der Waals surface area contributed by atoms with Crippen molar-refractivity contribution in [1.29, 1.82) is 0 Å². The number of hydrogen-bond donors (Lipinski definition) is 1. The minimum absolute atomic E-state index is 0.0754. The highest BCUT2D eigenvalue weighted by molar-refractivity contribution is 5.90. The van der Waals surface area contributed by atoms with Crippen LogP contribution in [0.15, 0.2) is 36.5 Å². The number of nitrogens with zero attached hydrogens (tertiary/aromatic N) is 2. The van der Waals surface area contributed by atoms with Crippen molar-refractivity contribution in [1.82, 2.24) is 9.97 Å². The molecule has 0 amide bonds. The molecular formula is C21H20N3O6-. The van der Waals surface area contributed by atoms with E-state index >= 15 is 0 Å². The lowest BCUT2D eigenvalue weighted by Gasteiger charge is -2.15. The van der Waals surface area contributed by atoms with E-state index in [1.165, 1.54) is 46.8 Å². The van der Waals surface area contributed by atoms with Gasteiger partial charge in [-0.25, -0.2) is 9.97 Å². The SMILES string of the molecule is COc1cc(-c2nc(-c3cc(OC)c(OC)c(OC)c3)cnc2N)ccc1C(=O)[O-]. The lowest BCUT2D eigenvalue weighted by atomic mass is 10.1. The number of carboxylic acid groups (broad SMARTS) is 1. The van der Waals surface area contributed by atoms with Gasteiger partial charge in [0.2, 0.25) is 5.75 Å². The lowest BCUT2D eigenvalue weighted by molar-refractivity contribution is -0.255. The van der Waals surface area contributed by atoms with Crippen LogP contribution in [0.1, 0.15) is 10.4 Å². The highest BCUT2D eigenvalue weighted by Crippen LogP contribution is 2.41. The summed E-state index contributed by atoms with van der Waals surface area (Å²) in [6.45, 7) is 0. The molecule has 2 N–H and O–H groups in total. The number of aromatic carboxylic acids is 1. The van der Waals surface area contributed by atoms with Crippen LogP contribution >= 0.6 is 0 Å². The number of rotatable bonds is 7. The van der Waals surface area contributed by atoms with Crippen molar-refractivity contribution in [3.63, 3.8) is 0 Å². The van der Waals surface area contributed by atoms with Gasteiger partial charge in [0.25, 0.3) is 0 Å². The molecule has 0 spiro atoms. The molecule has 9 heteroatoms.